The lowest BCUT2D eigenvalue weighted by atomic mass is 10.2. The lowest BCUT2D eigenvalue weighted by Crippen LogP contribution is -2.22. The van der Waals surface area contributed by atoms with Crippen molar-refractivity contribution in [3.8, 4) is 0 Å². The Morgan fingerprint density at radius 1 is 1.09 bits per heavy atom. The zero-order valence-corrected chi connectivity index (χ0v) is 13.5. The van der Waals surface area contributed by atoms with Gasteiger partial charge in [-0.3, -0.25) is 4.79 Å². The summed E-state index contributed by atoms with van der Waals surface area (Å²) in [5.74, 6) is -0.212. The summed E-state index contributed by atoms with van der Waals surface area (Å²) in [7, 11) is 0. The Hall–Kier alpha value is -1.89. The number of rotatable bonds is 4. The predicted molar refractivity (Wildman–Crippen MR) is 91.0 cm³/mol. The van der Waals surface area contributed by atoms with Crippen molar-refractivity contribution in [2.45, 2.75) is 0 Å². The molecule has 0 fully saturated rings. The molecule has 3 aromatic rings. The summed E-state index contributed by atoms with van der Waals surface area (Å²) in [5.41, 5.74) is 2.68. The average Bonchev–Trinajstić information content (AvgIpc) is 2.98. The smallest absolute Gasteiger partial charge is 0.243 e. The third-order valence-electron chi connectivity index (χ3n) is 2.95. The van der Waals surface area contributed by atoms with Crippen molar-refractivity contribution >= 4 is 63.2 Å². The summed E-state index contributed by atoms with van der Waals surface area (Å²) in [4.78, 5) is 12.1. The van der Waals surface area contributed by atoms with Crippen LogP contribution in [0.25, 0.3) is 11.0 Å². The molecule has 2 N–H and O–H groups in total. The molecule has 1 amide bonds. The standard InChI is InChI=1S/C14H10Cl2N4OS/c15-8-3-1-4-9(13(8)16)17-7-12(21)18-10-5-2-6-11-14(10)20-22-19-11/h1-6,17H,7H2,(H,18,21). The van der Waals surface area contributed by atoms with Crippen LogP contribution in [0.3, 0.4) is 0 Å². The average molecular weight is 353 g/mol. The molecule has 0 saturated heterocycles. The van der Waals surface area contributed by atoms with Gasteiger partial charge in [-0.25, -0.2) is 0 Å². The van der Waals surface area contributed by atoms with Crippen LogP contribution in [-0.2, 0) is 4.79 Å². The van der Waals surface area contributed by atoms with Gasteiger partial charge in [0.1, 0.15) is 11.0 Å². The fourth-order valence-corrected chi connectivity index (χ4v) is 2.83. The number of hydrogen-bond acceptors (Lipinski definition) is 5. The molecule has 112 valence electrons. The summed E-state index contributed by atoms with van der Waals surface area (Å²) >= 11 is 13.1. The molecule has 0 saturated carbocycles. The number of nitrogens with one attached hydrogen (secondary N) is 2. The van der Waals surface area contributed by atoms with E-state index in [1.165, 1.54) is 0 Å². The summed E-state index contributed by atoms with van der Waals surface area (Å²) < 4.78 is 8.31. The van der Waals surface area contributed by atoms with E-state index in [2.05, 4.69) is 19.4 Å². The van der Waals surface area contributed by atoms with Gasteiger partial charge in [0.2, 0.25) is 5.91 Å². The number of anilines is 2. The van der Waals surface area contributed by atoms with Crippen molar-refractivity contribution in [2.24, 2.45) is 0 Å². The van der Waals surface area contributed by atoms with Crippen molar-refractivity contribution in [1.29, 1.82) is 0 Å². The number of halogens is 2. The number of fused-ring (bicyclic) bond motifs is 1. The molecule has 0 aliphatic rings. The quantitative estimate of drug-likeness (QED) is 0.743. The van der Waals surface area contributed by atoms with Gasteiger partial charge in [-0.2, -0.15) is 8.75 Å². The molecule has 3 rings (SSSR count). The van der Waals surface area contributed by atoms with Crippen molar-refractivity contribution in [3.05, 3.63) is 46.4 Å². The minimum atomic E-state index is -0.212. The van der Waals surface area contributed by atoms with Crippen LogP contribution in [0.1, 0.15) is 0 Å². The van der Waals surface area contributed by atoms with Crippen LogP contribution in [0.2, 0.25) is 10.0 Å². The van der Waals surface area contributed by atoms with Crippen LogP contribution in [0.5, 0.6) is 0 Å². The number of hydrogen-bond donors (Lipinski definition) is 2. The Morgan fingerprint density at radius 3 is 2.73 bits per heavy atom. The van der Waals surface area contributed by atoms with Crippen molar-refractivity contribution in [2.75, 3.05) is 17.2 Å². The van der Waals surface area contributed by atoms with E-state index in [-0.39, 0.29) is 12.5 Å². The van der Waals surface area contributed by atoms with E-state index in [1.54, 1.807) is 24.3 Å². The molecular weight excluding hydrogens is 343 g/mol. The first kappa shape index (κ1) is 15.0. The Morgan fingerprint density at radius 2 is 1.86 bits per heavy atom. The molecule has 0 spiro atoms. The maximum absolute atomic E-state index is 12.1. The zero-order valence-electron chi connectivity index (χ0n) is 11.1. The fourth-order valence-electron chi connectivity index (χ4n) is 1.92. The van der Waals surface area contributed by atoms with E-state index in [9.17, 15) is 4.79 Å². The molecule has 1 aromatic heterocycles. The van der Waals surface area contributed by atoms with Crippen molar-refractivity contribution < 1.29 is 4.79 Å². The lowest BCUT2D eigenvalue weighted by molar-refractivity contribution is -0.114. The van der Waals surface area contributed by atoms with Crippen LogP contribution in [-0.4, -0.2) is 21.2 Å². The Labute approximate surface area is 140 Å². The molecule has 0 bridgehead atoms. The lowest BCUT2D eigenvalue weighted by Gasteiger charge is -2.10. The minimum absolute atomic E-state index is 0.0635. The second-order valence-corrected chi connectivity index (χ2v) is 5.75. The Kier molecular flexibility index (Phi) is 4.42. The Balaban J connectivity index is 1.68. The predicted octanol–water partition coefficient (Wildman–Crippen LogP) is 4.05. The molecule has 0 aliphatic heterocycles. The fraction of sp³-hybridized carbons (Fsp3) is 0.0714. The highest BCUT2D eigenvalue weighted by atomic mass is 35.5. The molecule has 0 radical (unpaired) electrons. The first-order valence-electron chi connectivity index (χ1n) is 6.34. The maximum atomic E-state index is 12.1. The van der Waals surface area contributed by atoms with E-state index in [0.29, 0.717) is 26.9 Å². The van der Waals surface area contributed by atoms with E-state index < -0.39 is 0 Å². The molecule has 8 heteroatoms. The van der Waals surface area contributed by atoms with E-state index in [0.717, 1.165) is 17.2 Å². The zero-order chi connectivity index (χ0) is 15.5. The van der Waals surface area contributed by atoms with E-state index in [1.807, 2.05) is 12.1 Å². The maximum Gasteiger partial charge on any atom is 0.243 e. The second kappa shape index (κ2) is 6.48. The summed E-state index contributed by atoms with van der Waals surface area (Å²) in [5, 5.41) is 6.58. The molecule has 0 unspecified atom stereocenters. The van der Waals surface area contributed by atoms with Gasteiger partial charge in [-0.1, -0.05) is 35.3 Å². The summed E-state index contributed by atoms with van der Waals surface area (Å²) in [6, 6.07) is 10.7. The van der Waals surface area contributed by atoms with Crippen LogP contribution in [0, 0.1) is 0 Å². The van der Waals surface area contributed by atoms with E-state index in [4.69, 9.17) is 23.2 Å². The topological polar surface area (TPSA) is 66.9 Å². The van der Waals surface area contributed by atoms with Crippen LogP contribution in [0.15, 0.2) is 36.4 Å². The van der Waals surface area contributed by atoms with Crippen molar-refractivity contribution in [1.82, 2.24) is 8.75 Å². The summed E-state index contributed by atoms with van der Waals surface area (Å²) in [6.07, 6.45) is 0. The number of carbonyl (C=O) groups excluding carboxylic acids is 1. The first-order valence-corrected chi connectivity index (χ1v) is 7.83. The van der Waals surface area contributed by atoms with E-state index >= 15 is 0 Å². The number of benzene rings is 2. The largest absolute Gasteiger partial charge is 0.375 e. The van der Waals surface area contributed by atoms with Gasteiger partial charge in [0.05, 0.1) is 39.7 Å². The third kappa shape index (κ3) is 3.14. The van der Waals surface area contributed by atoms with Gasteiger partial charge in [0.25, 0.3) is 0 Å². The minimum Gasteiger partial charge on any atom is -0.375 e. The summed E-state index contributed by atoms with van der Waals surface area (Å²) in [6.45, 7) is 0.0635. The van der Waals surface area contributed by atoms with Gasteiger partial charge >= 0.3 is 0 Å². The first-order chi connectivity index (χ1) is 10.6. The van der Waals surface area contributed by atoms with Gasteiger partial charge in [0, 0.05) is 0 Å². The highest BCUT2D eigenvalue weighted by molar-refractivity contribution is 7.00. The second-order valence-electron chi connectivity index (χ2n) is 4.44. The van der Waals surface area contributed by atoms with Crippen LogP contribution >= 0.6 is 34.9 Å². The normalized spacial score (nSPS) is 10.6. The number of amides is 1. The number of nitrogens with zero attached hydrogens (tertiary/aromatic N) is 2. The number of aromatic nitrogens is 2. The number of carbonyl (C=O) groups is 1. The van der Waals surface area contributed by atoms with Crippen molar-refractivity contribution in [3.63, 3.8) is 0 Å². The molecule has 1 heterocycles. The highest BCUT2D eigenvalue weighted by Crippen LogP contribution is 2.29. The SMILES string of the molecule is O=C(CNc1cccc(Cl)c1Cl)Nc1cccc2nsnc12. The molecule has 5 nitrogen and oxygen atoms in total. The van der Waals surface area contributed by atoms with Gasteiger partial charge < -0.3 is 10.6 Å². The monoisotopic (exact) mass is 352 g/mol. The molecular formula is C14H10Cl2N4OS. The van der Waals surface area contributed by atoms with Crippen LogP contribution in [0.4, 0.5) is 11.4 Å². The van der Waals surface area contributed by atoms with Gasteiger partial charge in [0.15, 0.2) is 0 Å². The Bertz CT molecular complexity index is 837. The molecule has 2 aromatic carbocycles. The van der Waals surface area contributed by atoms with Gasteiger partial charge in [-0.15, -0.1) is 0 Å². The van der Waals surface area contributed by atoms with Gasteiger partial charge in [-0.05, 0) is 24.3 Å². The van der Waals surface area contributed by atoms with Crippen LogP contribution < -0.4 is 10.6 Å². The molecule has 22 heavy (non-hydrogen) atoms. The molecule has 0 aliphatic carbocycles. The third-order valence-corrected chi connectivity index (χ3v) is 4.31. The highest BCUT2D eigenvalue weighted by Gasteiger charge is 2.10. The molecule has 0 atom stereocenters.